The summed E-state index contributed by atoms with van der Waals surface area (Å²) in [4.78, 5) is 18.1. The van der Waals surface area contributed by atoms with Crippen molar-refractivity contribution in [2.45, 2.75) is 19.1 Å². The van der Waals surface area contributed by atoms with Gasteiger partial charge in [0.15, 0.2) is 0 Å². The molecule has 2 rings (SSSR count). The molecule has 6 heteroatoms. The number of carbonyl (C=O) groups is 1. The van der Waals surface area contributed by atoms with E-state index in [0.29, 0.717) is 24.7 Å². The second-order valence-electron chi connectivity index (χ2n) is 4.29. The van der Waals surface area contributed by atoms with Crippen LogP contribution in [0.4, 0.5) is 0 Å². The number of morpholine rings is 1. The molecule has 1 aromatic heterocycles. The van der Waals surface area contributed by atoms with Crippen molar-refractivity contribution in [3.8, 4) is 0 Å². The standard InChI is InChI=1S/C12H14BrClN2O2/c1-8-6-16(7-10(4-14)18-8)12(17)11-3-2-9(13)5-15-11/h2-3,5,8,10H,4,6-7H2,1H3. The molecule has 1 saturated heterocycles. The second-order valence-corrected chi connectivity index (χ2v) is 5.52. The van der Waals surface area contributed by atoms with Gasteiger partial charge in [-0.1, -0.05) is 0 Å². The number of alkyl halides is 1. The topological polar surface area (TPSA) is 42.4 Å². The van der Waals surface area contributed by atoms with Crippen LogP contribution in [0, 0.1) is 0 Å². The van der Waals surface area contributed by atoms with Crippen LogP contribution in [-0.4, -0.2) is 47.0 Å². The number of halogens is 2. The number of aromatic nitrogens is 1. The summed E-state index contributed by atoms with van der Waals surface area (Å²) in [7, 11) is 0. The van der Waals surface area contributed by atoms with Gasteiger partial charge in [-0.25, -0.2) is 4.98 Å². The fourth-order valence-electron chi connectivity index (χ4n) is 1.96. The number of hydrogen-bond donors (Lipinski definition) is 0. The molecule has 0 aromatic carbocycles. The molecule has 0 saturated carbocycles. The normalized spacial score (nSPS) is 24.1. The van der Waals surface area contributed by atoms with Gasteiger partial charge in [-0.05, 0) is 35.0 Å². The van der Waals surface area contributed by atoms with Gasteiger partial charge in [-0.2, -0.15) is 0 Å². The number of pyridine rings is 1. The van der Waals surface area contributed by atoms with Gasteiger partial charge in [-0.15, -0.1) is 11.6 Å². The predicted octanol–water partition coefficient (Wildman–Crippen LogP) is 2.31. The molecule has 1 aliphatic heterocycles. The number of rotatable bonds is 2. The van der Waals surface area contributed by atoms with Crippen molar-refractivity contribution in [3.63, 3.8) is 0 Å². The van der Waals surface area contributed by atoms with E-state index in [1.54, 1.807) is 17.2 Å². The van der Waals surface area contributed by atoms with Crippen LogP contribution in [0.5, 0.6) is 0 Å². The van der Waals surface area contributed by atoms with Crippen LogP contribution in [-0.2, 0) is 4.74 Å². The second kappa shape index (κ2) is 5.99. The number of ether oxygens (including phenoxy) is 1. The molecule has 18 heavy (non-hydrogen) atoms. The zero-order valence-corrected chi connectivity index (χ0v) is 12.3. The smallest absolute Gasteiger partial charge is 0.272 e. The predicted molar refractivity (Wildman–Crippen MR) is 72.9 cm³/mol. The Morgan fingerprint density at radius 2 is 2.39 bits per heavy atom. The molecule has 1 aliphatic rings. The Morgan fingerprint density at radius 3 is 3.00 bits per heavy atom. The molecule has 2 atom stereocenters. The Labute approximate surface area is 119 Å². The van der Waals surface area contributed by atoms with E-state index in [1.807, 2.05) is 13.0 Å². The van der Waals surface area contributed by atoms with Crippen molar-refractivity contribution in [1.82, 2.24) is 9.88 Å². The Kier molecular flexibility index (Phi) is 4.59. The molecular weight excluding hydrogens is 320 g/mol. The van der Waals surface area contributed by atoms with Crippen LogP contribution in [0.3, 0.4) is 0 Å². The van der Waals surface area contributed by atoms with Crippen LogP contribution in [0.2, 0.25) is 0 Å². The highest BCUT2D eigenvalue weighted by Crippen LogP contribution is 2.15. The lowest BCUT2D eigenvalue weighted by molar-refractivity contribution is -0.0571. The average molecular weight is 334 g/mol. The minimum atomic E-state index is -0.102. The van der Waals surface area contributed by atoms with Gasteiger partial charge < -0.3 is 9.64 Å². The van der Waals surface area contributed by atoms with Gasteiger partial charge in [0.1, 0.15) is 5.69 Å². The van der Waals surface area contributed by atoms with Gasteiger partial charge in [-0.3, -0.25) is 4.79 Å². The Hall–Kier alpha value is -0.650. The molecule has 2 unspecified atom stereocenters. The Bertz CT molecular complexity index is 427. The number of carbonyl (C=O) groups excluding carboxylic acids is 1. The van der Waals surface area contributed by atoms with Crippen LogP contribution >= 0.6 is 27.5 Å². The maximum absolute atomic E-state index is 12.3. The third-order valence-corrected chi connectivity index (χ3v) is 3.55. The Balaban J connectivity index is 2.10. The lowest BCUT2D eigenvalue weighted by Crippen LogP contribution is -2.49. The SMILES string of the molecule is CC1CN(C(=O)c2ccc(Br)cn2)CC(CCl)O1. The van der Waals surface area contributed by atoms with E-state index in [2.05, 4.69) is 20.9 Å². The molecule has 98 valence electrons. The van der Waals surface area contributed by atoms with Crippen LogP contribution in [0.1, 0.15) is 17.4 Å². The van der Waals surface area contributed by atoms with Crippen molar-refractivity contribution in [2.24, 2.45) is 0 Å². The molecule has 4 nitrogen and oxygen atoms in total. The largest absolute Gasteiger partial charge is 0.370 e. The van der Waals surface area contributed by atoms with Crippen molar-refractivity contribution >= 4 is 33.4 Å². The van der Waals surface area contributed by atoms with Gasteiger partial charge in [0.05, 0.1) is 18.1 Å². The number of nitrogens with zero attached hydrogens (tertiary/aromatic N) is 2. The summed E-state index contributed by atoms with van der Waals surface area (Å²) in [6, 6.07) is 3.52. The van der Waals surface area contributed by atoms with Gasteiger partial charge >= 0.3 is 0 Å². The quantitative estimate of drug-likeness (QED) is 0.780. The van der Waals surface area contributed by atoms with E-state index in [9.17, 15) is 4.79 Å². The number of amides is 1. The fourth-order valence-corrected chi connectivity index (χ4v) is 2.37. The lowest BCUT2D eigenvalue weighted by Gasteiger charge is -2.35. The maximum atomic E-state index is 12.3. The van der Waals surface area contributed by atoms with Crippen LogP contribution in [0.25, 0.3) is 0 Å². The van der Waals surface area contributed by atoms with Crippen molar-refractivity contribution in [1.29, 1.82) is 0 Å². The monoisotopic (exact) mass is 332 g/mol. The summed E-state index contributed by atoms with van der Waals surface area (Å²) in [6.07, 6.45) is 1.52. The van der Waals surface area contributed by atoms with E-state index in [-0.39, 0.29) is 18.1 Å². The summed E-state index contributed by atoms with van der Waals surface area (Å²) in [5, 5.41) is 0. The molecule has 0 spiro atoms. The zero-order valence-electron chi connectivity index (χ0n) is 9.97. The highest BCUT2D eigenvalue weighted by molar-refractivity contribution is 9.10. The van der Waals surface area contributed by atoms with Crippen molar-refractivity contribution < 1.29 is 9.53 Å². The molecule has 0 bridgehead atoms. The first kappa shape index (κ1) is 13.8. The first-order chi connectivity index (χ1) is 8.60. The molecule has 0 N–H and O–H groups in total. The summed E-state index contributed by atoms with van der Waals surface area (Å²) in [5.41, 5.74) is 0.445. The van der Waals surface area contributed by atoms with Gasteiger partial charge in [0.25, 0.3) is 5.91 Å². The first-order valence-electron chi connectivity index (χ1n) is 5.72. The molecule has 2 heterocycles. The van der Waals surface area contributed by atoms with Crippen LogP contribution < -0.4 is 0 Å². The minimum absolute atomic E-state index is 0.00176. The van der Waals surface area contributed by atoms with E-state index < -0.39 is 0 Å². The van der Waals surface area contributed by atoms with Crippen molar-refractivity contribution in [3.05, 3.63) is 28.5 Å². The van der Waals surface area contributed by atoms with E-state index in [0.717, 1.165) is 4.47 Å². The Morgan fingerprint density at radius 1 is 1.61 bits per heavy atom. The van der Waals surface area contributed by atoms with E-state index in [4.69, 9.17) is 16.3 Å². The molecule has 1 fully saturated rings. The zero-order chi connectivity index (χ0) is 13.1. The minimum Gasteiger partial charge on any atom is -0.370 e. The molecular formula is C12H14BrClN2O2. The molecule has 0 radical (unpaired) electrons. The lowest BCUT2D eigenvalue weighted by atomic mass is 10.2. The summed E-state index contributed by atoms with van der Waals surface area (Å²) in [5.74, 6) is 0.315. The number of hydrogen-bond acceptors (Lipinski definition) is 3. The average Bonchev–Trinajstić information content (AvgIpc) is 2.38. The fraction of sp³-hybridized carbons (Fsp3) is 0.500. The summed E-state index contributed by atoms with van der Waals surface area (Å²) in [6.45, 7) is 3.03. The third kappa shape index (κ3) is 3.22. The summed E-state index contributed by atoms with van der Waals surface area (Å²) >= 11 is 9.09. The first-order valence-corrected chi connectivity index (χ1v) is 7.05. The van der Waals surface area contributed by atoms with Gasteiger partial charge in [0.2, 0.25) is 0 Å². The van der Waals surface area contributed by atoms with Crippen LogP contribution in [0.15, 0.2) is 22.8 Å². The van der Waals surface area contributed by atoms with Crippen molar-refractivity contribution in [2.75, 3.05) is 19.0 Å². The van der Waals surface area contributed by atoms with E-state index >= 15 is 0 Å². The van der Waals surface area contributed by atoms with E-state index in [1.165, 1.54) is 0 Å². The maximum Gasteiger partial charge on any atom is 0.272 e. The molecule has 1 aromatic rings. The highest BCUT2D eigenvalue weighted by Gasteiger charge is 2.28. The highest BCUT2D eigenvalue weighted by atomic mass is 79.9. The summed E-state index contributed by atoms with van der Waals surface area (Å²) < 4.78 is 6.47. The molecule has 0 aliphatic carbocycles. The van der Waals surface area contributed by atoms with Gasteiger partial charge in [0, 0.05) is 23.8 Å². The third-order valence-electron chi connectivity index (χ3n) is 2.73. The molecule has 1 amide bonds.